The second kappa shape index (κ2) is 6.45. The van der Waals surface area contributed by atoms with Crippen LogP contribution in [0.15, 0.2) is 24.3 Å². The summed E-state index contributed by atoms with van der Waals surface area (Å²) >= 11 is 0. The maximum Gasteiger partial charge on any atom is 0.228 e. The minimum absolute atomic E-state index is 0.0797. The van der Waals surface area contributed by atoms with E-state index in [9.17, 15) is 29.7 Å². The molecule has 1 aromatic carbocycles. The summed E-state index contributed by atoms with van der Waals surface area (Å²) in [7, 11) is 0. The maximum absolute atomic E-state index is 13.0. The molecule has 7 atom stereocenters. The van der Waals surface area contributed by atoms with Crippen LogP contribution >= 0.6 is 0 Å². The minimum atomic E-state index is -1.76. The smallest absolute Gasteiger partial charge is 0.228 e. The molecule has 1 saturated carbocycles. The average Bonchev–Trinajstić information content (AvgIpc) is 2.64. The Morgan fingerprint density at radius 3 is 2.39 bits per heavy atom. The molecular weight excluding hydrogens is 368 g/mol. The summed E-state index contributed by atoms with van der Waals surface area (Å²) in [6, 6.07) is 6.69. The first-order valence-electron chi connectivity index (χ1n) is 9.21. The van der Waals surface area contributed by atoms with Gasteiger partial charge in [-0.15, -0.1) is 0 Å². The molecule has 2 fully saturated rings. The molecule has 1 saturated heterocycles. The van der Waals surface area contributed by atoms with E-state index in [-0.39, 0.29) is 12.2 Å². The fraction of sp³-hybridized carbons (Fsp3) is 0.550. The molecule has 0 amide bonds. The number of para-hydroxylation sites is 1. The number of rotatable bonds is 1. The van der Waals surface area contributed by atoms with Crippen molar-refractivity contribution in [1.82, 2.24) is 0 Å². The standard InChI is InChI=1S/C20H22O8/c1-20(2)12(11-7-9(21)8-5-3-4-6-10(8)27-11)14(22)16(24)18-13(20)15(23)17(25)19(26)28-18/h3-6,11-13,15,17-19,23,25-26H,7H2,1-2H3. The number of Topliss-reactive ketones (excluding diaryl/α,β-unsaturated/α-hetero) is 3. The SMILES string of the molecule is CC1(C)C(C2CC(=O)c3ccccc3O2)C(=O)C(=O)C2OC(O)C(O)C(O)C21. The van der Waals surface area contributed by atoms with Crippen molar-refractivity contribution in [2.45, 2.75) is 51.0 Å². The predicted octanol–water partition coefficient (Wildman–Crippen LogP) is -0.130. The van der Waals surface area contributed by atoms with Crippen LogP contribution in [-0.2, 0) is 14.3 Å². The zero-order chi connectivity index (χ0) is 20.4. The third-order valence-corrected chi connectivity index (χ3v) is 6.29. The Bertz CT molecular complexity index is 846. The third kappa shape index (κ3) is 2.63. The van der Waals surface area contributed by atoms with Crippen LogP contribution in [0.5, 0.6) is 5.75 Å². The van der Waals surface area contributed by atoms with Crippen molar-refractivity contribution in [3.63, 3.8) is 0 Å². The summed E-state index contributed by atoms with van der Waals surface area (Å²) in [6.45, 7) is 3.34. The van der Waals surface area contributed by atoms with Crippen LogP contribution < -0.4 is 4.74 Å². The van der Waals surface area contributed by atoms with Gasteiger partial charge in [0, 0.05) is 12.3 Å². The molecule has 2 aliphatic heterocycles. The third-order valence-electron chi connectivity index (χ3n) is 6.29. The number of ether oxygens (including phenoxy) is 2. The molecule has 0 radical (unpaired) electrons. The highest BCUT2D eigenvalue weighted by molar-refractivity contribution is 6.40. The normalized spacial score (nSPS) is 39.8. The van der Waals surface area contributed by atoms with Gasteiger partial charge in [-0.05, 0) is 17.5 Å². The van der Waals surface area contributed by atoms with Crippen molar-refractivity contribution in [1.29, 1.82) is 0 Å². The van der Waals surface area contributed by atoms with E-state index in [1.54, 1.807) is 38.1 Å². The summed E-state index contributed by atoms with van der Waals surface area (Å²) in [5.74, 6) is -3.47. The van der Waals surface area contributed by atoms with Crippen molar-refractivity contribution in [3.8, 4) is 5.75 Å². The van der Waals surface area contributed by atoms with Crippen molar-refractivity contribution in [2.75, 3.05) is 0 Å². The van der Waals surface area contributed by atoms with Crippen LogP contribution in [0.3, 0.4) is 0 Å². The van der Waals surface area contributed by atoms with E-state index >= 15 is 0 Å². The predicted molar refractivity (Wildman–Crippen MR) is 93.5 cm³/mol. The molecule has 0 bridgehead atoms. The monoisotopic (exact) mass is 390 g/mol. The lowest BCUT2D eigenvalue weighted by Crippen LogP contribution is -2.68. The molecule has 1 aromatic rings. The van der Waals surface area contributed by atoms with E-state index in [0.29, 0.717) is 11.3 Å². The van der Waals surface area contributed by atoms with Crippen molar-refractivity contribution < 1.29 is 39.2 Å². The number of ketones is 3. The van der Waals surface area contributed by atoms with Crippen molar-refractivity contribution in [2.24, 2.45) is 17.3 Å². The van der Waals surface area contributed by atoms with Gasteiger partial charge in [-0.25, -0.2) is 0 Å². The van der Waals surface area contributed by atoms with E-state index in [1.165, 1.54) is 0 Å². The molecule has 0 spiro atoms. The number of carbonyl (C=O) groups is 3. The van der Waals surface area contributed by atoms with Crippen LogP contribution in [0.25, 0.3) is 0 Å². The van der Waals surface area contributed by atoms with Gasteiger partial charge >= 0.3 is 0 Å². The van der Waals surface area contributed by atoms with Crippen LogP contribution in [0, 0.1) is 17.3 Å². The molecule has 8 heteroatoms. The second-order valence-electron chi connectivity index (χ2n) is 8.26. The number of fused-ring (bicyclic) bond motifs is 2. The Kier molecular flexibility index (Phi) is 4.42. The van der Waals surface area contributed by atoms with Gasteiger partial charge in [-0.2, -0.15) is 0 Å². The molecule has 2 heterocycles. The average molecular weight is 390 g/mol. The molecular formula is C20H22O8. The van der Waals surface area contributed by atoms with Crippen LogP contribution in [-0.4, -0.2) is 63.4 Å². The second-order valence-corrected chi connectivity index (χ2v) is 8.26. The fourth-order valence-corrected chi connectivity index (χ4v) is 4.90. The topological polar surface area (TPSA) is 130 Å². The van der Waals surface area contributed by atoms with Gasteiger partial charge in [0.25, 0.3) is 0 Å². The quantitative estimate of drug-likeness (QED) is 0.566. The number of carbonyl (C=O) groups excluding carboxylic acids is 3. The van der Waals surface area contributed by atoms with E-state index in [2.05, 4.69) is 0 Å². The van der Waals surface area contributed by atoms with Gasteiger partial charge in [0.2, 0.25) is 11.6 Å². The number of aliphatic hydroxyl groups excluding tert-OH is 3. The Morgan fingerprint density at radius 2 is 1.68 bits per heavy atom. The Morgan fingerprint density at radius 1 is 1.00 bits per heavy atom. The molecule has 150 valence electrons. The number of benzene rings is 1. The van der Waals surface area contributed by atoms with Gasteiger partial charge < -0.3 is 24.8 Å². The van der Waals surface area contributed by atoms with E-state index < -0.39 is 59.5 Å². The molecule has 28 heavy (non-hydrogen) atoms. The zero-order valence-electron chi connectivity index (χ0n) is 15.4. The number of aliphatic hydroxyl groups is 3. The lowest BCUT2D eigenvalue weighted by molar-refractivity contribution is -0.284. The summed E-state index contributed by atoms with van der Waals surface area (Å²) < 4.78 is 11.1. The Labute approximate surface area is 161 Å². The first kappa shape index (κ1) is 19.2. The first-order chi connectivity index (χ1) is 13.1. The Hall–Kier alpha value is -2.13. The summed E-state index contributed by atoms with van der Waals surface area (Å²) in [4.78, 5) is 38.2. The van der Waals surface area contributed by atoms with Gasteiger partial charge in [0.15, 0.2) is 12.1 Å². The van der Waals surface area contributed by atoms with Crippen LogP contribution in [0.2, 0.25) is 0 Å². The van der Waals surface area contributed by atoms with Crippen molar-refractivity contribution in [3.05, 3.63) is 29.8 Å². The fourth-order valence-electron chi connectivity index (χ4n) is 4.90. The molecule has 0 aromatic heterocycles. The molecule has 3 N–H and O–H groups in total. The molecule has 1 aliphatic carbocycles. The number of hydrogen-bond donors (Lipinski definition) is 3. The van der Waals surface area contributed by atoms with E-state index in [1.807, 2.05) is 0 Å². The van der Waals surface area contributed by atoms with E-state index in [4.69, 9.17) is 9.47 Å². The minimum Gasteiger partial charge on any atom is -0.488 e. The van der Waals surface area contributed by atoms with Gasteiger partial charge in [-0.1, -0.05) is 26.0 Å². The molecule has 3 aliphatic rings. The molecule has 7 unspecified atom stereocenters. The van der Waals surface area contributed by atoms with Crippen molar-refractivity contribution >= 4 is 17.3 Å². The largest absolute Gasteiger partial charge is 0.488 e. The van der Waals surface area contributed by atoms with Gasteiger partial charge in [-0.3, -0.25) is 14.4 Å². The lowest BCUT2D eigenvalue weighted by atomic mass is 9.55. The van der Waals surface area contributed by atoms with Gasteiger partial charge in [0.1, 0.15) is 24.1 Å². The highest BCUT2D eigenvalue weighted by Gasteiger charge is 2.63. The van der Waals surface area contributed by atoms with Crippen LogP contribution in [0.4, 0.5) is 0 Å². The maximum atomic E-state index is 13.0. The highest BCUT2D eigenvalue weighted by atomic mass is 16.6. The summed E-state index contributed by atoms with van der Waals surface area (Å²) in [5.41, 5.74) is -0.628. The zero-order valence-corrected chi connectivity index (χ0v) is 15.4. The first-order valence-corrected chi connectivity index (χ1v) is 9.21. The highest BCUT2D eigenvalue weighted by Crippen LogP contribution is 2.51. The molecule has 4 rings (SSSR count). The molecule has 8 nitrogen and oxygen atoms in total. The van der Waals surface area contributed by atoms with Crippen LogP contribution in [0.1, 0.15) is 30.6 Å². The summed E-state index contributed by atoms with van der Waals surface area (Å²) in [5, 5.41) is 30.3. The number of hydrogen-bond acceptors (Lipinski definition) is 8. The van der Waals surface area contributed by atoms with E-state index in [0.717, 1.165) is 0 Å². The lowest BCUT2D eigenvalue weighted by Gasteiger charge is -2.54. The summed E-state index contributed by atoms with van der Waals surface area (Å²) in [6.07, 6.45) is -7.18. The van der Waals surface area contributed by atoms with Gasteiger partial charge in [0.05, 0.1) is 17.6 Å². The Balaban J connectivity index is 1.73.